The van der Waals surface area contributed by atoms with E-state index in [0.717, 1.165) is 12.1 Å². The Morgan fingerprint density at radius 3 is 3.27 bits per heavy atom. The van der Waals surface area contributed by atoms with Crippen molar-refractivity contribution in [2.24, 2.45) is 0 Å². The maximum absolute atomic E-state index is 4.26. The number of pyridine rings is 1. The van der Waals surface area contributed by atoms with Gasteiger partial charge in [0, 0.05) is 17.8 Å². The normalized spacial score (nSPS) is 11.9. The smallest absolute Gasteiger partial charge is 0.137 e. The molecule has 0 amide bonds. The number of nitrogens with zero attached hydrogens (tertiary/aromatic N) is 1. The van der Waals surface area contributed by atoms with Crippen LogP contribution < -0.4 is 0 Å². The van der Waals surface area contributed by atoms with Gasteiger partial charge in [0.15, 0.2) is 0 Å². The summed E-state index contributed by atoms with van der Waals surface area (Å²) in [7, 11) is 0. The molecule has 0 saturated carbocycles. The number of hydrogen-bond donors (Lipinski definition) is 1. The van der Waals surface area contributed by atoms with Crippen LogP contribution in [0.25, 0.3) is 11.0 Å². The molecular weight excluding hydrogens is 184 g/mol. The third-order valence-electron chi connectivity index (χ3n) is 2.41. The Kier molecular flexibility index (Phi) is 2.68. The molecule has 2 heteroatoms. The number of fused-ring (bicyclic) bond motifs is 1. The second-order valence-electron chi connectivity index (χ2n) is 3.64. The molecule has 0 atom stereocenters. The number of nitrogens with one attached hydrogen (secondary N) is 1. The van der Waals surface area contributed by atoms with Crippen molar-refractivity contribution in [3.63, 3.8) is 0 Å². The van der Waals surface area contributed by atoms with Gasteiger partial charge in [-0.2, -0.15) is 0 Å². The quantitative estimate of drug-likeness (QED) is 0.753. The lowest BCUT2D eigenvalue weighted by molar-refractivity contribution is 1.16. The minimum atomic E-state index is 0.942. The van der Waals surface area contributed by atoms with Crippen LogP contribution in [0.3, 0.4) is 0 Å². The molecular formula is C13H14N2. The van der Waals surface area contributed by atoms with Crippen molar-refractivity contribution in [1.82, 2.24) is 9.97 Å². The summed E-state index contributed by atoms with van der Waals surface area (Å²) in [5.74, 6) is 0. The van der Waals surface area contributed by atoms with Crippen molar-refractivity contribution in [2.45, 2.75) is 13.3 Å². The summed E-state index contributed by atoms with van der Waals surface area (Å²) in [5, 5.41) is 1.20. The van der Waals surface area contributed by atoms with Gasteiger partial charge in [0.05, 0.1) is 0 Å². The summed E-state index contributed by atoms with van der Waals surface area (Å²) in [6, 6.07) is 4.06. The average molecular weight is 198 g/mol. The molecule has 2 rings (SSSR count). The molecule has 0 aliphatic heterocycles. The van der Waals surface area contributed by atoms with Gasteiger partial charge in [-0.1, -0.05) is 24.3 Å². The first kappa shape index (κ1) is 9.71. The van der Waals surface area contributed by atoms with Gasteiger partial charge in [-0.05, 0) is 31.0 Å². The third kappa shape index (κ3) is 1.99. The topological polar surface area (TPSA) is 28.7 Å². The largest absolute Gasteiger partial charge is 0.346 e. The predicted molar refractivity (Wildman–Crippen MR) is 63.8 cm³/mol. The lowest BCUT2D eigenvalue weighted by Crippen LogP contribution is -1.84. The Balaban J connectivity index is 2.36. The molecule has 0 spiro atoms. The second kappa shape index (κ2) is 4.13. The van der Waals surface area contributed by atoms with Crippen molar-refractivity contribution in [3.05, 3.63) is 54.4 Å². The lowest BCUT2D eigenvalue weighted by Gasteiger charge is -1.98. The monoisotopic (exact) mass is 198 g/mol. The third-order valence-corrected chi connectivity index (χ3v) is 2.41. The molecule has 0 fully saturated rings. The summed E-state index contributed by atoms with van der Waals surface area (Å²) in [6.07, 6.45) is 8.63. The average Bonchev–Trinajstić information content (AvgIpc) is 2.62. The van der Waals surface area contributed by atoms with E-state index in [-0.39, 0.29) is 0 Å². The molecule has 0 aliphatic rings. The fourth-order valence-electron chi connectivity index (χ4n) is 1.72. The van der Waals surface area contributed by atoms with Gasteiger partial charge in [0.25, 0.3) is 0 Å². The molecule has 0 bridgehead atoms. The van der Waals surface area contributed by atoms with E-state index in [2.05, 4.69) is 29.5 Å². The van der Waals surface area contributed by atoms with E-state index in [4.69, 9.17) is 0 Å². The highest BCUT2D eigenvalue weighted by molar-refractivity contribution is 5.79. The minimum absolute atomic E-state index is 0.942. The molecule has 15 heavy (non-hydrogen) atoms. The van der Waals surface area contributed by atoms with Crippen LogP contribution >= 0.6 is 0 Å². The molecule has 0 aliphatic carbocycles. The zero-order chi connectivity index (χ0) is 10.7. The zero-order valence-electron chi connectivity index (χ0n) is 8.83. The molecule has 2 aromatic heterocycles. The molecule has 0 saturated heterocycles. The Morgan fingerprint density at radius 1 is 1.60 bits per heavy atom. The predicted octanol–water partition coefficient (Wildman–Crippen LogP) is 3.24. The van der Waals surface area contributed by atoms with E-state index in [1.807, 2.05) is 24.4 Å². The van der Waals surface area contributed by atoms with Crippen LogP contribution in [0.15, 0.2) is 48.8 Å². The Hall–Kier alpha value is -1.83. The summed E-state index contributed by atoms with van der Waals surface area (Å²) in [6.45, 7) is 5.80. The molecule has 1 N–H and O–H groups in total. The molecule has 2 heterocycles. The van der Waals surface area contributed by atoms with E-state index >= 15 is 0 Å². The number of H-pyrrole nitrogens is 1. The van der Waals surface area contributed by atoms with Crippen LogP contribution in [0.5, 0.6) is 0 Å². The lowest BCUT2D eigenvalue weighted by atomic mass is 10.1. The molecule has 2 nitrogen and oxygen atoms in total. The zero-order valence-corrected chi connectivity index (χ0v) is 8.83. The van der Waals surface area contributed by atoms with Gasteiger partial charge in [0.2, 0.25) is 0 Å². The van der Waals surface area contributed by atoms with Gasteiger partial charge < -0.3 is 4.98 Å². The summed E-state index contributed by atoms with van der Waals surface area (Å²) >= 11 is 0. The number of aromatic amines is 1. The van der Waals surface area contributed by atoms with Crippen molar-refractivity contribution in [3.8, 4) is 0 Å². The molecule has 2 aromatic rings. The highest BCUT2D eigenvalue weighted by atomic mass is 14.8. The number of rotatable bonds is 3. The first-order chi connectivity index (χ1) is 7.31. The standard InChI is InChI=1S/C13H14N2/c1-3-5-10(2)8-11-9-15-13-12(11)6-4-7-14-13/h3-7,9H,1,8H2,2H3,(H,14,15)/b10-5+. The summed E-state index contributed by atoms with van der Waals surface area (Å²) in [5.41, 5.74) is 3.54. The van der Waals surface area contributed by atoms with Crippen molar-refractivity contribution in [1.29, 1.82) is 0 Å². The second-order valence-corrected chi connectivity index (χ2v) is 3.64. The van der Waals surface area contributed by atoms with Crippen molar-refractivity contribution >= 4 is 11.0 Å². The Bertz CT molecular complexity index is 506. The molecule has 76 valence electrons. The maximum atomic E-state index is 4.26. The van der Waals surface area contributed by atoms with Gasteiger partial charge in [0.1, 0.15) is 5.65 Å². The molecule has 0 radical (unpaired) electrons. The number of allylic oxidation sites excluding steroid dienone is 3. The van der Waals surface area contributed by atoms with Crippen LogP contribution in [-0.2, 0) is 6.42 Å². The highest BCUT2D eigenvalue weighted by Crippen LogP contribution is 2.18. The summed E-state index contributed by atoms with van der Waals surface area (Å²) < 4.78 is 0. The van der Waals surface area contributed by atoms with E-state index in [9.17, 15) is 0 Å². The van der Waals surface area contributed by atoms with Crippen LogP contribution in [0.1, 0.15) is 12.5 Å². The van der Waals surface area contributed by atoms with Gasteiger partial charge in [-0.3, -0.25) is 0 Å². The Morgan fingerprint density at radius 2 is 2.47 bits per heavy atom. The first-order valence-electron chi connectivity index (χ1n) is 5.00. The van der Waals surface area contributed by atoms with E-state index in [1.165, 1.54) is 16.5 Å². The van der Waals surface area contributed by atoms with Gasteiger partial charge in [-0.15, -0.1) is 0 Å². The fourth-order valence-corrected chi connectivity index (χ4v) is 1.72. The summed E-state index contributed by atoms with van der Waals surface area (Å²) in [4.78, 5) is 7.43. The Labute approximate surface area is 89.4 Å². The van der Waals surface area contributed by atoms with Gasteiger partial charge in [-0.25, -0.2) is 4.98 Å². The first-order valence-corrected chi connectivity index (χ1v) is 5.00. The minimum Gasteiger partial charge on any atom is -0.346 e. The molecule has 0 aromatic carbocycles. The molecule has 0 unspecified atom stereocenters. The number of hydrogen-bond acceptors (Lipinski definition) is 1. The van der Waals surface area contributed by atoms with E-state index in [0.29, 0.717) is 0 Å². The van der Waals surface area contributed by atoms with Gasteiger partial charge >= 0.3 is 0 Å². The van der Waals surface area contributed by atoms with E-state index < -0.39 is 0 Å². The van der Waals surface area contributed by atoms with Crippen molar-refractivity contribution < 1.29 is 0 Å². The van der Waals surface area contributed by atoms with Crippen LogP contribution in [0.2, 0.25) is 0 Å². The SMILES string of the molecule is C=C/C=C(\C)Cc1c[nH]c2ncccc12. The van der Waals surface area contributed by atoms with Crippen LogP contribution in [0, 0.1) is 0 Å². The van der Waals surface area contributed by atoms with Crippen LogP contribution in [0.4, 0.5) is 0 Å². The van der Waals surface area contributed by atoms with Crippen molar-refractivity contribution in [2.75, 3.05) is 0 Å². The number of aromatic nitrogens is 2. The highest BCUT2D eigenvalue weighted by Gasteiger charge is 2.03. The van der Waals surface area contributed by atoms with E-state index in [1.54, 1.807) is 6.20 Å². The fraction of sp³-hybridized carbons (Fsp3) is 0.154. The van der Waals surface area contributed by atoms with Crippen LogP contribution in [-0.4, -0.2) is 9.97 Å². The maximum Gasteiger partial charge on any atom is 0.137 e.